The van der Waals surface area contributed by atoms with E-state index >= 15 is 0 Å². The number of halogens is 3. The predicted octanol–water partition coefficient (Wildman–Crippen LogP) is 4.23. The van der Waals surface area contributed by atoms with Gasteiger partial charge < -0.3 is 10.2 Å². The van der Waals surface area contributed by atoms with Crippen LogP contribution < -0.4 is 10.2 Å². The van der Waals surface area contributed by atoms with Crippen LogP contribution in [0.5, 0.6) is 0 Å². The minimum Gasteiger partial charge on any atom is -0.350 e. The normalized spacial score (nSPS) is 16.2. The average Bonchev–Trinajstić information content (AvgIpc) is 2.88. The quantitative estimate of drug-likeness (QED) is 0.657. The Balaban J connectivity index is 1.78. The van der Waals surface area contributed by atoms with Crippen LogP contribution >= 0.6 is 11.6 Å². The second-order valence-electron chi connectivity index (χ2n) is 5.48. The van der Waals surface area contributed by atoms with Crippen LogP contribution in [-0.4, -0.2) is 28.9 Å². The fourth-order valence-electron chi connectivity index (χ4n) is 2.50. The summed E-state index contributed by atoms with van der Waals surface area (Å²) in [6, 6.07) is 7.40. The van der Waals surface area contributed by atoms with E-state index < -0.39 is 10.8 Å². The van der Waals surface area contributed by atoms with Crippen molar-refractivity contribution in [2.24, 2.45) is 0 Å². The molecule has 0 unspecified atom stereocenters. The third-order valence-corrected chi connectivity index (χ3v) is 3.91. The highest BCUT2D eigenvalue weighted by Crippen LogP contribution is 2.32. The summed E-state index contributed by atoms with van der Waals surface area (Å²) in [4.78, 5) is 16.2. The first-order valence-corrected chi connectivity index (χ1v) is 7.52. The Morgan fingerprint density at radius 1 is 1.33 bits per heavy atom. The van der Waals surface area contributed by atoms with Crippen molar-refractivity contribution in [2.45, 2.75) is 12.3 Å². The average molecular weight is 355 g/mol. The molecule has 1 fully saturated rings. The number of alkyl halides is 2. The molecule has 6 nitrogen and oxygen atoms in total. The van der Waals surface area contributed by atoms with E-state index in [1.54, 1.807) is 12.1 Å². The van der Waals surface area contributed by atoms with E-state index in [9.17, 15) is 18.9 Å². The molecule has 1 aromatic heterocycles. The molecule has 0 amide bonds. The second-order valence-corrected chi connectivity index (χ2v) is 5.91. The molecule has 2 heterocycles. The summed E-state index contributed by atoms with van der Waals surface area (Å²) in [5.41, 5.74) is 0.604. The molecule has 1 aliphatic rings. The summed E-state index contributed by atoms with van der Waals surface area (Å²) in [6.07, 6.45) is 1.25. The Bertz CT molecular complexity index is 771. The van der Waals surface area contributed by atoms with Crippen molar-refractivity contribution in [2.75, 3.05) is 23.3 Å². The van der Waals surface area contributed by atoms with Crippen molar-refractivity contribution in [1.82, 2.24) is 4.98 Å². The molecule has 126 valence electrons. The lowest BCUT2D eigenvalue weighted by molar-refractivity contribution is -0.383. The molecular formula is C15H13ClF2N4O2. The summed E-state index contributed by atoms with van der Waals surface area (Å²) in [6.45, 7) is -0.112. The van der Waals surface area contributed by atoms with Gasteiger partial charge in [-0.25, -0.2) is 13.8 Å². The summed E-state index contributed by atoms with van der Waals surface area (Å²) >= 11 is 5.87. The Labute approximate surface area is 141 Å². The lowest BCUT2D eigenvalue weighted by atomic mass is 10.2. The maximum absolute atomic E-state index is 13.2. The van der Waals surface area contributed by atoms with Crippen molar-refractivity contribution in [3.8, 4) is 0 Å². The molecule has 24 heavy (non-hydrogen) atoms. The van der Waals surface area contributed by atoms with Gasteiger partial charge in [-0.2, -0.15) is 0 Å². The van der Waals surface area contributed by atoms with Crippen LogP contribution in [0.1, 0.15) is 6.42 Å². The van der Waals surface area contributed by atoms with Crippen molar-refractivity contribution in [3.05, 3.63) is 51.7 Å². The summed E-state index contributed by atoms with van der Waals surface area (Å²) in [5.74, 6) is -2.25. The molecule has 0 aliphatic carbocycles. The lowest BCUT2D eigenvalue weighted by Gasteiger charge is -2.17. The molecular weight excluding hydrogens is 342 g/mol. The molecule has 1 aromatic carbocycles. The molecule has 1 saturated heterocycles. The molecule has 2 aromatic rings. The molecule has 0 radical (unpaired) electrons. The van der Waals surface area contributed by atoms with Gasteiger partial charge in [0.1, 0.15) is 11.5 Å². The van der Waals surface area contributed by atoms with Crippen LogP contribution in [0.2, 0.25) is 5.02 Å². The smallest absolute Gasteiger partial charge is 0.292 e. The van der Waals surface area contributed by atoms with Gasteiger partial charge in [-0.1, -0.05) is 11.6 Å². The lowest BCUT2D eigenvalue weighted by Crippen LogP contribution is -2.25. The van der Waals surface area contributed by atoms with E-state index in [4.69, 9.17) is 11.6 Å². The minimum atomic E-state index is -2.69. The number of hydrogen-bond acceptors (Lipinski definition) is 5. The second kappa shape index (κ2) is 6.20. The molecule has 0 bridgehead atoms. The largest absolute Gasteiger partial charge is 0.350 e. The van der Waals surface area contributed by atoms with Gasteiger partial charge in [-0.05, 0) is 24.3 Å². The van der Waals surface area contributed by atoms with E-state index in [2.05, 4.69) is 10.3 Å². The fourth-order valence-corrected chi connectivity index (χ4v) is 2.67. The first kappa shape index (κ1) is 16.4. The highest BCUT2D eigenvalue weighted by Gasteiger charge is 2.38. The standard InChI is InChI=1S/C15H13ClF2N4O2/c16-10-1-3-13(22(23)24)12(7-10)20-11-2-4-14(19-8-11)21-6-5-15(17,18)9-21/h1-4,7-8,20H,5-6,9H2. The maximum Gasteiger partial charge on any atom is 0.292 e. The van der Waals surface area contributed by atoms with Crippen molar-refractivity contribution in [1.29, 1.82) is 0 Å². The van der Waals surface area contributed by atoms with E-state index in [1.807, 2.05) is 0 Å². The molecule has 1 N–H and O–H groups in total. The van der Waals surface area contributed by atoms with Crippen molar-refractivity contribution in [3.63, 3.8) is 0 Å². The number of rotatable bonds is 4. The highest BCUT2D eigenvalue weighted by atomic mass is 35.5. The number of hydrogen-bond donors (Lipinski definition) is 1. The van der Waals surface area contributed by atoms with Gasteiger partial charge in [0.25, 0.3) is 11.6 Å². The van der Waals surface area contributed by atoms with E-state index in [1.165, 1.54) is 29.3 Å². The Morgan fingerprint density at radius 3 is 2.71 bits per heavy atom. The topological polar surface area (TPSA) is 71.3 Å². The van der Waals surface area contributed by atoms with Gasteiger partial charge in [0.15, 0.2) is 0 Å². The summed E-state index contributed by atoms with van der Waals surface area (Å²) in [7, 11) is 0. The van der Waals surface area contributed by atoms with E-state index in [-0.39, 0.29) is 30.9 Å². The number of nitrogens with zero attached hydrogens (tertiary/aromatic N) is 3. The minimum absolute atomic E-state index is 0.123. The Morgan fingerprint density at radius 2 is 2.12 bits per heavy atom. The van der Waals surface area contributed by atoms with E-state index in [0.29, 0.717) is 16.5 Å². The third-order valence-electron chi connectivity index (χ3n) is 3.68. The van der Waals surface area contributed by atoms with Crippen LogP contribution in [0.25, 0.3) is 0 Å². The van der Waals surface area contributed by atoms with Crippen molar-refractivity contribution >= 4 is 34.5 Å². The Hall–Kier alpha value is -2.48. The zero-order chi connectivity index (χ0) is 17.3. The molecule has 0 saturated carbocycles. The van der Waals surface area contributed by atoms with Crippen LogP contribution in [0, 0.1) is 10.1 Å². The number of pyridine rings is 1. The number of aromatic nitrogens is 1. The van der Waals surface area contributed by atoms with Crippen LogP contribution in [0.3, 0.4) is 0 Å². The zero-order valence-electron chi connectivity index (χ0n) is 12.4. The SMILES string of the molecule is O=[N+]([O-])c1ccc(Cl)cc1Nc1ccc(N2CCC(F)(F)C2)nc1. The maximum atomic E-state index is 13.2. The summed E-state index contributed by atoms with van der Waals surface area (Å²) < 4.78 is 26.5. The number of nitro groups is 1. The van der Waals surface area contributed by atoms with E-state index in [0.717, 1.165) is 0 Å². The first-order valence-electron chi connectivity index (χ1n) is 7.14. The number of benzene rings is 1. The Kier molecular flexibility index (Phi) is 4.23. The molecule has 1 aliphatic heterocycles. The number of anilines is 3. The molecule has 0 atom stereocenters. The molecule has 0 spiro atoms. The highest BCUT2D eigenvalue weighted by molar-refractivity contribution is 6.31. The van der Waals surface area contributed by atoms with Crippen LogP contribution in [-0.2, 0) is 0 Å². The van der Waals surface area contributed by atoms with Gasteiger partial charge in [-0.15, -0.1) is 0 Å². The first-order chi connectivity index (χ1) is 11.3. The van der Waals surface area contributed by atoms with Gasteiger partial charge in [0, 0.05) is 24.1 Å². The van der Waals surface area contributed by atoms with Gasteiger partial charge >= 0.3 is 0 Å². The van der Waals surface area contributed by atoms with Crippen LogP contribution in [0.15, 0.2) is 36.5 Å². The van der Waals surface area contributed by atoms with Crippen molar-refractivity contribution < 1.29 is 13.7 Å². The fraction of sp³-hybridized carbons (Fsp3) is 0.267. The van der Waals surface area contributed by atoms with Crippen LogP contribution in [0.4, 0.5) is 31.7 Å². The number of nitrogens with one attached hydrogen (secondary N) is 1. The monoisotopic (exact) mass is 354 g/mol. The number of nitro benzene ring substituents is 1. The van der Waals surface area contributed by atoms with Gasteiger partial charge in [-0.3, -0.25) is 10.1 Å². The van der Waals surface area contributed by atoms with Gasteiger partial charge in [0.05, 0.1) is 23.4 Å². The molecule has 3 rings (SSSR count). The summed E-state index contributed by atoms with van der Waals surface area (Å²) in [5, 5.41) is 14.3. The predicted molar refractivity (Wildman–Crippen MR) is 87.4 cm³/mol. The van der Waals surface area contributed by atoms with Gasteiger partial charge in [0.2, 0.25) is 0 Å². The zero-order valence-corrected chi connectivity index (χ0v) is 13.1. The molecule has 9 heteroatoms. The third kappa shape index (κ3) is 3.53.